The summed E-state index contributed by atoms with van der Waals surface area (Å²) in [4.78, 5) is 4.96. The Morgan fingerprint density at radius 2 is 2.17 bits per heavy atom. The zero-order valence-electron chi connectivity index (χ0n) is 11.7. The molecule has 0 spiro atoms. The quantitative estimate of drug-likeness (QED) is 0.824. The van der Waals surface area contributed by atoms with Gasteiger partial charge in [0.1, 0.15) is 0 Å². The van der Waals surface area contributed by atoms with Gasteiger partial charge in [0.15, 0.2) is 5.17 Å². The van der Waals surface area contributed by atoms with Crippen LogP contribution in [-0.2, 0) is 0 Å². The number of fused-ring (bicyclic) bond motifs is 1. The first-order chi connectivity index (χ1) is 8.78. The van der Waals surface area contributed by atoms with Crippen LogP contribution in [0.4, 0.5) is 0 Å². The number of nitrogens with one attached hydrogen (secondary N) is 1. The molecule has 2 aliphatic carbocycles. The third-order valence-electron chi connectivity index (χ3n) is 5.40. The van der Waals surface area contributed by atoms with Crippen LogP contribution >= 0.6 is 11.8 Å². The lowest BCUT2D eigenvalue weighted by atomic mass is 9.94. The highest BCUT2D eigenvalue weighted by Gasteiger charge is 2.35. The first kappa shape index (κ1) is 12.8. The Balaban J connectivity index is 1.60. The fourth-order valence-corrected chi connectivity index (χ4v) is 5.23. The van der Waals surface area contributed by atoms with E-state index < -0.39 is 0 Å². The molecular formula is C15H26N2S. The number of amidine groups is 1. The van der Waals surface area contributed by atoms with Crippen molar-refractivity contribution in [1.29, 1.82) is 0 Å². The minimum atomic E-state index is 0.646. The molecule has 102 valence electrons. The van der Waals surface area contributed by atoms with Crippen molar-refractivity contribution in [2.24, 2.45) is 22.7 Å². The van der Waals surface area contributed by atoms with Gasteiger partial charge in [-0.3, -0.25) is 4.99 Å². The van der Waals surface area contributed by atoms with Gasteiger partial charge >= 0.3 is 0 Å². The summed E-state index contributed by atoms with van der Waals surface area (Å²) in [6.45, 7) is 4.75. The first-order valence-corrected chi connectivity index (χ1v) is 8.73. The van der Waals surface area contributed by atoms with Crippen molar-refractivity contribution in [2.45, 2.75) is 64.5 Å². The highest BCUT2D eigenvalue weighted by atomic mass is 32.2. The molecule has 2 nitrogen and oxygen atoms in total. The molecule has 3 rings (SSSR count). The van der Waals surface area contributed by atoms with E-state index in [1.807, 2.05) is 11.8 Å². The highest BCUT2D eigenvalue weighted by Crippen LogP contribution is 2.37. The van der Waals surface area contributed by atoms with E-state index in [9.17, 15) is 0 Å². The molecule has 2 saturated carbocycles. The molecule has 2 fully saturated rings. The highest BCUT2D eigenvalue weighted by molar-refractivity contribution is 8.13. The minimum Gasteiger partial charge on any atom is -0.362 e. The Kier molecular flexibility index (Phi) is 3.88. The largest absolute Gasteiger partial charge is 0.362 e. The fraction of sp³-hybridized carbons (Fsp3) is 0.933. The normalized spacial score (nSPS) is 43.7. The summed E-state index contributed by atoms with van der Waals surface area (Å²) >= 11 is 1.98. The molecule has 0 bridgehead atoms. The molecule has 0 amide bonds. The molecule has 3 heteroatoms. The van der Waals surface area contributed by atoms with Crippen molar-refractivity contribution >= 4 is 16.9 Å². The van der Waals surface area contributed by atoms with Gasteiger partial charge in [-0.15, -0.1) is 0 Å². The lowest BCUT2D eigenvalue weighted by Gasteiger charge is -2.27. The van der Waals surface area contributed by atoms with E-state index in [1.54, 1.807) is 0 Å². The first-order valence-electron chi connectivity index (χ1n) is 7.75. The molecule has 5 atom stereocenters. The molecule has 1 N–H and O–H groups in total. The Hall–Kier alpha value is -0.180. The van der Waals surface area contributed by atoms with E-state index in [-0.39, 0.29) is 0 Å². The molecule has 0 saturated heterocycles. The molecule has 5 unspecified atom stereocenters. The van der Waals surface area contributed by atoms with Crippen LogP contribution < -0.4 is 5.32 Å². The second-order valence-electron chi connectivity index (χ2n) is 6.36. The predicted octanol–water partition coefficient (Wildman–Crippen LogP) is 3.67. The third kappa shape index (κ3) is 2.43. The smallest absolute Gasteiger partial charge is 0.157 e. The van der Waals surface area contributed by atoms with Crippen LogP contribution in [0, 0.1) is 17.8 Å². The summed E-state index contributed by atoms with van der Waals surface area (Å²) in [5, 5.41) is 5.01. The monoisotopic (exact) mass is 266 g/mol. The van der Waals surface area contributed by atoms with Gasteiger partial charge in [0.25, 0.3) is 0 Å². The number of thioether (sulfide) groups is 1. The van der Waals surface area contributed by atoms with Gasteiger partial charge in [-0.1, -0.05) is 38.5 Å². The molecule has 18 heavy (non-hydrogen) atoms. The standard InChI is InChI=1S/C15H26N2S/c1-3-11-7-8-13(10(11)2)16-15-17-14-6-4-5-12(14)9-18-15/h10-14H,3-9H2,1-2H3,(H,16,17). The van der Waals surface area contributed by atoms with E-state index >= 15 is 0 Å². The Morgan fingerprint density at radius 3 is 2.94 bits per heavy atom. The molecule has 0 aromatic rings. The van der Waals surface area contributed by atoms with Crippen LogP contribution in [0.5, 0.6) is 0 Å². The van der Waals surface area contributed by atoms with Gasteiger partial charge in [0, 0.05) is 11.8 Å². The zero-order valence-corrected chi connectivity index (χ0v) is 12.5. The Labute approximate surface area is 115 Å². The average Bonchev–Trinajstić information content (AvgIpc) is 2.97. The van der Waals surface area contributed by atoms with Crippen LogP contribution in [0.1, 0.15) is 52.4 Å². The molecule has 0 aromatic heterocycles. The summed E-state index contributed by atoms with van der Waals surface area (Å²) in [5.41, 5.74) is 0. The molecule has 1 heterocycles. The molecular weight excluding hydrogens is 240 g/mol. The maximum absolute atomic E-state index is 4.96. The summed E-state index contributed by atoms with van der Waals surface area (Å²) in [7, 11) is 0. The SMILES string of the molecule is CCC1CCC(NC2=NC3CCCC3CS2)C1C. The lowest BCUT2D eigenvalue weighted by Crippen LogP contribution is -2.39. The predicted molar refractivity (Wildman–Crippen MR) is 80.1 cm³/mol. The van der Waals surface area contributed by atoms with Crippen molar-refractivity contribution < 1.29 is 0 Å². The minimum absolute atomic E-state index is 0.646. The second kappa shape index (κ2) is 5.44. The van der Waals surface area contributed by atoms with E-state index in [4.69, 9.17) is 4.99 Å². The molecule has 1 aliphatic heterocycles. The Bertz CT molecular complexity index is 328. The van der Waals surface area contributed by atoms with Crippen LogP contribution in [-0.4, -0.2) is 23.0 Å². The van der Waals surface area contributed by atoms with Gasteiger partial charge in [-0.25, -0.2) is 0 Å². The maximum Gasteiger partial charge on any atom is 0.157 e. The van der Waals surface area contributed by atoms with Crippen molar-refractivity contribution in [3.05, 3.63) is 0 Å². The second-order valence-corrected chi connectivity index (χ2v) is 7.37. The Morgan fingerprint density at radius 1 is 1.28 bits per heavy atom. The summed E-state index contributed by atoms with van der Waals surface area (Å²) < 4.78 is 0. The maximum atomic E-state index is 4.96. The summed E-state index contributed by atoms with van der Waals surface area (Å²) in [5.74, 6) is 3.93. The van der Waals surface area contributed by atoms with Gasteiger partial charge in [-0.05, 0) is 43.4 Å². The van der Waals surface area contributed by atoms with Crippen LogP contribution in [0.25, 0.3) is 0 Å². The molecule has 0 aromatic carbocycles. The number of nitrogens with zero attached hydrogens (tertiary/aromatic N) is 1. The van der Waals surface area contributed by atoms with Crippen LogP contribution in [0.3, 0.4) is 0 Å². The molecule has 0 radical (unpaired) electrons. The van der Waals surface area contributed by atoms with Crippen molar-refractivity contribution in [3.63, 3.8) is 0 Å². The topological polar surface area (TPSA) is 24.4 Å². The van der Waals surface area contributed by atoms with Gasteiger partial charge in [0.05, 0.1) is 6.04 Å². The zero-order chi connectivity index (χ0) is 12.5. The molecule has 3 aliphatic rings. The van der Waals surface area contributed by atoms with Gasteiger partial charge in [0.2, 0.25) is 0 Å². The number of hydrogen-bond donors (Lipinski definition) is 1. The number of hydrogen-bond acceptors (Lipinski definition) is 3. The van der Waals surface area contributed by atoms with Crippen molar-refractivity contribution in [3.8, 4) is 0 Å². The van der Waals surface area contributed by atoms with Crippen molar-refractivity contribution in [1.82, 2.24) is 5.32 Å². The van der Waals surface area contributed by atoms with Crippen molar-refractivity contribution in [2.75, 3.05) is 5.75 Å². The number of rotatable bonds is 2. The summed E-state index contributed by atoms with van der Waals surface area (Å²) in [6.07, 6.45) is 8.21. The van der Waals surface area contributed by atoms with E-state index in [1.165, 1.54) is 49.4 Å². The van der Waals surface area contributed by atoms with Gasteiger partial charge < -0.3 is 5.32 Å². The lowest BCUT2D eigenvalue weighted by molar-refractivity contribution is 0.368. The van der Waals surface area contributed by atoms with E-state index in [0.29, 0.717) is 12.1 Å². The van der Waals surface area contributed by atoms with Crippen LogP contribution in [0.15, 0.2) is 4.99 Å². The van der Waals surface area contributed by atoms with E-state index in [0.717, 1.165) is 17.8 Å². The fourth-order valence-electron chi connectivity index (χ4n) is 4.02. The van der Waals surface area contributed by atoms with Crippen LogP contribution in [0.2, 0.25) is 0 Å². The summed E-state index contributed by atoms with van der Waals surface area (Å²) in [6, 6.07) is 1.33. The van der Waals surface area contributed by atoms with E-state index in [2.05, 4.69) is 19.2 Å². The van der Waals surface area contributed by atoms with Gasteiger partial charge in [-0.2, -0.15) is 0 Å². The number of aliphatic imine (C=N–C) groups is 1. The third-order valence-corrected chi connectivity index (χ3v) is 6.49. The average molecular weight is 266 g/mol.